The monoisotopic (exact) mass is 337 g/mol. The lowest BCUT2D eigenvalue weighted by Gasteiger charge is -2.66. The van der Waals surface area contributed by atoms with Gasteiger partial charge in [0.2, 0.25) is 0 Å². The fourth-order valence-electron chi connectivity index (χ4n) is 5.93. The molecule has 0 N–H and O–H groups in total. The molecule has 0 saturated carbocycles. The normalized spacial score (nSPS) is 39.5. The van der Waals surface area contributed by atoms with Crippen molar-refractivity contribution in [2.45, 2.75) is 32.9 Å². The zero-order valence-corrected chi connectivity index (χ0v) is 15.5. The van der Waals surface area contributed by atoms with E-state index in [1.807, 2.05) is 0 Å². The Kier molecular flexibility index (Phi) is 3.09. The van der Waals surface area contributed by atoms with Gasteiger partial charge in [0.05, 0.1) is 17.0 Å². The second-order valence-electron chi connectivity index (χ2n) is 8.49. The summed E-state index contributed by atoms with van der Waals surface area (Å²) >= 11 is 0. The van der Waals surface area contributed by atoms with Crippen LogP contribution in [-0.4, -0.2) is 46.3 Å². The molecule has 4 heteroatoms. The van der Waals surface area contributed by atoms with E-state index < -0.39 is 0 Å². The number of rotatable bonds is 3. The molecular formula is C21H27N3O. The Bertz CT molecular complexity index is 825. The summed E-state index contributed by atoms with van der Waals surface area (Å²) in [7, 11) is 2.14. The summed E-state index contributed by atoms with van der Waals surface area (Å²) in [5, 5.41) is 1.35. The van der Waals surface area contributed by atoms with Gasteiger partial charge in [-0.15, -0.1) is 0 Å². The van der Waals surface area contributed by atoms with Crippen molar-refractivity contribution in [3.05, 3.63) is 36.0 Å². The largest absolute Gasteiger partial charge is 0.350 e. The summed E-state index contributed by atoms with van der Waals surface area (Å²) in [6.07, 6.45) is 4.54. The van der Waals surface area contributed by atoms with Crippen LogP contribution in [0, 0.1) is 10.8 Å². The lowest BCUT2D eigenvalue weighted by Crippen LogP contribution is -2.76. The molecule has 0 spiro atoms. The molecule has 1 aromatic carbocycles. The van der Waals surface area contributed by atoms with Crippen LogP contribution in [-0.2, 0) is 11.8 Å². The number of aromatic nitrogens is 1. The predicted molar refractivity (Wildman–Crippen MR) is 99.3 cm³/mol. The van der Waals surface area contributed by atoms with Crippen LogP contribution in [0.25, 0.3) is 10.9 Å². The smallest absolute Gasteiger partial charge is 0.150 e. The highest BCUT2D eigenvalue weighted by molar-refractivity contribution is 5.93. The molecule has 0 amide bonds. The predicted octanol–water partition coefficient (Wildman–Crippen LogP) is 3.18. The molecule has 4 bridgehead atoms. The van der Waals surface area contributed by atoms with Crippen LogP contribution in [0.15, 0.2) is 30.5 Å². The van der Waals surface area contributed by atoms with E-state index in [1.54, 1.807) is 0 Å². The van der Waals surface area contributed by atoms with Crippen molar-refractivity contribution in [3.63, 3.8) is 0 Å². The molecule has 132 valence electrons. The average molecular weight is 337 g/mol. The summed E-state index contributed by atoms with van der Waals surface area (Å²) in [6, 6.07) is 8.69. The average Bonchev–Trinajstić information content (AvgIpc) is 2.95. The summed E-state index contributed by atoms with van der Waals surface area (Å²) in [5.74, 6) is 0.550. The number of benzene rings is 1. The van der Waals surface area contributed by atoms with Gasteiger partial charge in [-0.1, -0.05) is 32.0 Å². The maximum absolute atomic E-state index is 13.3. The molecule has 1 aromatic heterocycles. The van der Waals surface area contributed by atoms with Crippen LogP contribution in [0.5, 0.6) is 0 Å². The van der Waals surface area contributed by atoms with Gasteiger partial charge in [-0.05, 0) is 18.9 Å². The number of carbonyl (C=O) groups excluding carboxylic acids is 1. The number of fused-ring (bicyclic) bond motifs is 1. The molecule has 2 aromatic rings. The number of carbonyl (C=O) groups is 1. The molecule has 4 fully saturated rings. The third-order valence-electron chi connectivity index (χ3n) is 7.24. The second kappa shape index (κ2) is 4.95. The zero-order valence-electron chi connectivity index (χ0n) is 15.5. The van der Waals surface area contributed by atoms with Gasteiger partial charge in [-0.3, -0.25) is 14.6 Å². The van der Waals surface area contributed by atoms with Crippen molar-refractivity contribution >= 4 is 16.7 Å². The van der Waals surface area contributed by atoms with Crippen molar-refractivity contribution in [1.29, 1.82) is 0 Å². The standard InChI is InChI=1S/C21H27N3O/c1-4-20-11-23-13-21(5-2,19(20)25)14-24(12-20)18(23)16-10-22(3)17-9-7-6-8-15(16)17/h6-10,18H,4-5,11-14H2,1-3H3. The van der Waals surface area contributed by atoms with Gasteiger partial charge >= 0.3 is 0 Å². The lowest BCUT2D eigenvalue weighted by atomic mass is 9.58. The number of nitrogens with zero attached hydrogens (tertiary/aromatic N) is 3. The Morgan fingerprint density at radius 2 is 1.56 bits per heavy atom. The second-order valence-corrected chi connectivity index (χ2v) is 8.49. The number of hydrogen-bond donors (Lipinski definition) is 0. The number of hydrogen-bond acceptors (Lipinski definition) is 3. The Balaban J connectivity index is 1.64. The molecule has 0 aliphatic carbocycles. The van der Waals surface area contributed by atoms with Gasteiger partial charge in [0.15, 0.2) is 0 Å². The Hall–Kier alpha value is -1.65. The number of piperidine rings is 2. The lowest BCUT2D eigenvalue weighted by molar-refractivity contribution is -0.204. The summed E-state index contributed by atoms with van der Waals surface area (Å²) in [4.78, 5) is 18.5. The first kappa shape index (κ1) is 15.6. The summed E-state index contributed by atoms with van der Waals surface area (Å²) in [5.41, 5.74) is 2.41. The van der Waals surface area contributed by atoms with Gasteiger partial charge in [-0.2, -0.15) is 0 Å². The molecular weight excluding hydrogens is 310 g/mol. The quantitative estimate of drug-likeness (QED) is 0.861. The van der Waals surface area contributed by atoms with E-state index in [1.165, 1.54) is 16.5 Å². The molecule has 4 aliphatic heterocycles. The van der Waals surface area contributed by atoms with Crippen LogP contribution in [0.1, 0.15) is 38.4 Å². The maximum Gasteiger partial charge on any atom is 0.150 e. The minimum atomic E-state index is -0.145. The molecule has 4 nitrogen and oxygen atoms in total. The minimum absolute atomic E-state index is 0.145. The van der Waals surface area contributed by atoms with Crippen LogP contribution < -0.4 is 0 Å². The molecule has 0 radical (unpaired) electrons. The first-order valence-electron chi connectivity index (χ1n) is 9.60. The third kappa shape index (κ3) is 1.82. The van der Waals surface area contributed by atoms with E-state index in [-0.39, 0.29) is 10.8 Å². The number of ketones is 1. The third-order valence-corrected chi connectivity index (χ3v) is 7.24. The molecule has 25 heavy (non-hydrogen) atoms. The van der Waals surface area contributed by atoms with Gasteiger partial charge < -0.3 is 4.57 Å². The Labute approximate surface area is 149 Å². The van der Waals surface area contributed by atoms with E-state index in [0.717, 1.165) is 39.0 Å². The van der Waals surface area contributed by atoms with Crippen molar-refractivity contribution in [3.8, 4) is 0 Å². The van der Waals surface area contributed by atoms with Crippen LogP contribution >= 0.6 is 0 Å². The molecule has 4 saturated heterocycles. The SMILES string of the molecule is CCC12CN3CC(CC)(CN(C1)C3c1cn(C)c3ccccc13)C2=O. The van der Waals surface area contributed by atoms with Gasteiger partial charge in [0.25, 0.3) is 0 Å². The van der Waals surface area contributed by atoms with Crippen molar-refractivity contribution in [2.75, 3.05) is 26.2 Å². The van der Waals surface area contributed by atoms with Crippen molar-refractivity contribution in [2.24, 2.45) is 17.9 Å². The van der Waals surface area contributed by atoms with Crippen LogP contribution in [0.4, 0.5) is 0 Å². The first-order chi connectivity index (χ1) is 12.0. The number of Topliss-reactive ketones (excluding diaryl/α,β-unsaturated/α-hetero) is 1. The van der Waals surface area contributed by atoms with E-state index >= 15 is 0 Å². The zero-order chi connectivity index (χ0) is 17.4. The van der Waals surface area contributed by atoms with E-state index in [0.29, 0.717) is 11.9 Å². The van der Waals surface area contributed by atoms with E-state index in [2.05, 4.69) is 65.7 Å². The van der Waals surface area contributed by atoms with Gasteiger partial charge in [0, 0.05) is 55.9 Å². The van der Waals surface area contributed by atoms with E-state index in [9.17, 15) is 4.79 Å². The minimum Gasteiger partial charge on any atom is -0.350 e. The Morgan fingerprint density at radius 3 is 2.12 bits per heavy atom. The number of para-hydroxylation sites is 1. The molecule has 6 rings (SSSR count). The Morgan fingerprint density at radius 1 is 1.00 bits per heavy atom. The highest BCUT2D eigenvalue weighted by Gasteiger charge is 2.64. The summed E-state index contributed by atoms with van der Waals surface area (Å²) < 4.78 is 2.24. The van der Waals surface area contributed by atoms with Crippen LogP contribution in [0.3, 0.4) is 0 Å². The fourth-order valence-corrected chi connectivity index (χ4v) is 5.93. The molecule has 0 atom stereocenters. The maximum atomic E-state index is 13.3. The van der Waals surface area contributed by atoms with Crippen LogP contribution in [0.2, 0.25) is 0 Å². The fraction of sp³-hybridized carbons (Fsp3) is 0.571. The van der Waals surface area contributed by atoms with Gasteiger partial charge in [0.1, 0.15) is 5.78 Å². The highest BCUT2D eigenvalue weighted by atomic mass is 16.1. The van der Waals surface area contributed by atoms with Crippen molar-refractivity contribution in [1.82, 2.24) is 14.4 Å². The molecule has 5 heterocycles. The molecule has 4 aliphatic rings. The summed E-state index contributed by atoms with van der Waals surface area (Å²) in [6.45, 7) is 8.10. The topological polar surface area (TPSA) is 28.5 Å². The molecule has 0 unspecified atom stereocenters. The number of aryl methyl sites for hydroxylation is 1. The van der Waals surface area contributed by atoms with Gasteiger partial charge in [-0.25, -0.2) is 0 Å². The highest BCUT2D eigenvalue weighted by Crippen LogP contribution is 2.55. The first-order valence-corrected chi connectivity index (χ1v) is 9.60. The van der Waals surface area contributed by atoms with E-state index in [4.69, 9.17) is 0 Å². The van der Waals surface area contributed by atoms with Crippen molar-refractivity contribution < 1.29 is 4.79 Å².